The van der Waals surface area contributed by atoms with Crippen LogP contribution < -0.4 is 15.5 Å². The Morgan fingerprint density at radius 2 is 2.03 bits per heavy atom. The number of carboxylic acids is 1. The van der Waals surface area contributed by atoms with E-state index < -0.39 is 5.97 Å². The predicted octanol–water partition coefficient (Wildman–Crippen LogP) is 3.26. The number of hydrogen-bond donors (Lipinski definition) is 4. The second-order valence-corrected chi connectivity index (χ2v) is 9.55. The van der Waals surface area contributed by atoms with Gasteiger partial charge in [0.2, 0.25) is 0 Å². The van der Waals surface area contributed by atoms with E-state index in [2.05, 4.69) is 30.5 Å². The number of benzene rings is 1. The Morgan fingerprint density at radius 3 is 2.68 bits per heavy atom. The van der Waals surface area contributed by atoms with Crippen molar-refractivity contribution in [2.24, 2.45) is 0 Å². The summed E-state index contributed by atoms with van der Waals surface area (Å²) in [5.74, 6) is -1.07. The number of aryl methyl sites for hydroxylation is 2. The molecule has 0 spiro atoms. The van der Waals surface area contributed by atoms with Crippen LogP contribution in [0.2, 0.25) is 5.15 Å². The van der Waals surface area contributed by atoms with Crippen molar-refractivity contribution >= 4 is 39.9 Å². The van der Waals surface area contributed by atoms with E-state index in [1.807, 2.05) is 37.3 Å². The molecule has 2 atom stereocenters. The largest absolute Gasteiger partial charge is 0.477 e. The third-order valence-corrected chi connectivity index (χ3v) is 7.41. The van der Waals surface area contributed by atoms with Gasteiger partial charge in [0.25, 0.3) is 5.91 Å². The second kappa shape index (κ2) is 10.5. The number of aromatic nitrogens is 3. The topological polar surface area (TPSA) is 123 Å². The number of anilines is 1. The summed E-state index contributed by atoms with van der Waals surface area (Å²) in [6.07, 6.45) is 1.32. The predicted molar refractivity (Wildman–Crippen MR) is 132 cm³/mol. The minimum atomic E-state index is -0.967. The number of carbonyl (C=O) groups is 2. The van der Waals surface area contributed by atoms with Crippen LogP contribution in [0.4, 0.5) is 5.13 Å². The summed E-state index contributed by atoms with van der Waals surface area (Å²) in [4.78, 5) is 38.3. The van der Waals surface area contributed by atoms with Gasteiger partial charge in [0, 0.05) is 31.7 Å². The lowest BCUT2D eigenvalue weighted by atomic mass is 9.99. The van der Waals surface area contributed by atoms with Gasteiger partial charge in [-0.15, -0.1) is 0 Å². The number of nitrogens with one attached hydrogen (secondary N) is 3. The van der Waals surface area contributed by atoms with Crippen molar-refractivity contribution in [2.45, 2.75) is 45.3 Å². The minimum absolute atomic E-state index is 0.0912. The van der Waals surface area contributed by atoms with Crippen LogP contribution in [-0.2, 0) is 13.0 Å². The van der Waals surface area contributed by atoms with Crippen molar-refractivity contribution in [1.82, 2.24) is 25.6 Å². The van der Waals surface area contributed by atoms with Crippen LogP contribution in [0.15, 0.2) is 30.3 Å². The van der Waals surface area contributed by atoms with Gasteiger partial charge in [-0.3, -0.25) is 4.79 Å². The average molecular weight is 503 g/mol. The molecule has 4 rings (SSSR count). The number of hydrogen-bond acceptors (Lipinski definition) is 7. The zero-order valence-corrected chi connectivity index (χ0v) is 20.5. The quantitative estimate of drug-likeness (QED) is 0.373. The van der Waals surface area contributed by atoms with Crippen LogP contribution in [0.3, 0.4) is 0 Å². The lowest BCUT2D eigenvalue weighted by Crippen LogP contribution is -2.59. The normalized spacial score (nSPS) is 18.1. The number of amides is 1. The second-order valence-electron chi connectivity index (χ2n) is 8.21. The highest BCUT2D eigenvalue weighted by atomic mass is 35.5. The Morgan fingerprint density at radius 1 is 1.26 bits per heavy atom. The first-order chi connectivity index (χ1) is 16.4. The molecule has 1 amide bonds. The number of aromatic carboxylic acids is 1. The average Bonchev–Trinajstić information content (AvgIpc) is 3.41. The number of nitrogens with zero attached hydrogens (tertiary/aromatic N) is 3. The van der Waals surface area contributed by atoms with Crippen molar-refractivity contribution < 1.29 is 14.7 Å². The molecule has 0 radical (unpaired) electrons. The molecule has 4 N–H and O–H groups in total. The number of piperidine rings is 1. The fourth-order valence-corrected chi connectivity index (χ4v) is 5.24. The number of rotatable bonds is 8. The van der Waals surface area contributed by atoms with Gasteiger partial charge < -0.3 is 25.6 Å². The number of aromatic amines is 1. The van der Waals surface area contributed by atoms with Crippen LogP contribution >= 0.6 is 22.9 Å². The van der Waals surface area contributed by atoms with Crippen molar-refractivity contribution in [3.63, 3.8) is 0 Å². The van der Waals surface area contributed by atoms with Gasteiger partial charge in [0.05, 0.1) is 11.4 Å². The van der Waals surface area contributed by atoms with E-state index in [9.17, 15) is 14.7 Å². The highest BCUT2D eigenvalue weighted by molar-refractivity contribution is 7.17. The molecule has 1 fully saturated rings. The molecule has 0 unspecified atom stereocenters. The van der Waals surface area contributed by atoms with E-state index in [1.54, 1.807) is 6.92 Å². The van der Waals surface area contributed by atoms with E-state index in [0.717, 1.165) is 11.3 Å². The number of halogens is 1. The van der Waals surface area contributed by atoms with Crippen molar-refractivity contribution in [1.29, 1.82) is 0 Å². The molecule has 1 saturated heterocycles. The summed E-state index contributed by atoms with van der Waals surface area (Å²) >= 11 is 7.29. The molecule has 34 heavy (non-hydrogen) atoms. The third-order valence-electron chi connectivity index (χ3n) is 5.89. The fourth-order valence-electron chi connectivity index (χ4n) is 4.03. The van der Waals surface area contributed by atoms with E-state index in [0.29, 0.717) is 48.5 Å². The molecule has 0 saturated carbocycles. The summed E-state index contributed by atoms with van der Waals surface area (Å²) in [5.41, 5.74) is 2.38. The summed E-state index contributed by atoms with van der Waals surface area (Å²) in [6.45, 7) is 5.50. The summed E-state index contributed by atoms with van der Waals surface area (Å²) in [6, 6.07) is 9.79. The fraction of sp³-hybridized carbons (Fsp3) is 0.391. The van der Waals surface area contributed by atoms with Crippen LogP contribution in [0, 0.1) is 6.92 Å². The van der Waals surface area contributed by atoms with E-state index in [4.69, 9.17) is 11.6 Å². The maximum absolute atomic E-state index is 12.9. The molecule has 3 aromatic rings. The SMILES string of the molecule is CCc1[nH]c(C(=O)N[C@@H]2CCN(c3nc(C)c(C(=O)O)s3)C[C@@H]2NCc2ccccc2)nc1Cl. The van der Waals surface area contributed by atoms with Crippen LogP contribution in [0.25, 0.3) is 0 Å². The van der Waals surface area contributed by atoms with Gasteiger partial charge in [-0.2, -0.15) is 0 Å². The third kappa shape index (κ3) is 5.40. The first-order valence-electron chi connectivity index (χ1n) is 11.1. The van der Waals surface area contributed by atoms with Gasteiger partial charge in [-0.1, -0.05) is 60.2 Å². The number of carbonyl (C=O) groups excluding carboxylic acids is 1. The Labute approximate surface area is 206 Å². The van der Waals surface area contributed by atoms with Gasteiger partial charge in [-0.05, 0) is 25.3 Å². The van der Waals surface area contributed by atoms with E-state index in [1.165, 1.54) is 11.3 Å². The molecular weight excluding hydrogens is 476 g/mol. The first-order valence-corrected chi connectivity index (χ1v) is 12.3. The van der Waals surface area contributed by atoms with Crippen LogP contribution in [0.5, 0.6) is 0 Å². The molecule has 0 bridgehead atoms. The van der Waals surface area contributed by atoms with Crippen molar-refractivity contribution in [2.75, 3.05) is 18.0 Å². The number of H-pyrrole nitrogens is 1. The molecule has 11 heteroatoms. The highest BCUT2D eigenvalue weighted by Crippen LogP contribution is 2.28. The molecular formula is C23H27ClN6O3S. The molecule has 0 aliphatic carbocycles. The monoisotopic (exact) mass is 502 g/mol. The first kappa shape index (κ1) is 24.2. The lowest BCUT2D eigenvalue weighted by Gasteiger charge is -2.39. The van der Waals surface area contributed by atoms with Gasteiger partial charge in [0.1, 0.15) is 4.88 Å². The van der Waals surface area contributed by atoms with Crippen molar-refractivity contribution in [3.05, 3.63) is 63.1 Å². The van der Waals surface area contributed by atoms with Crippen LogP contribution in [0.1, 0.15) is 50.6 Å². The summed E-state index contributed by atoms with van der Waals surface area (Å²) in [7, 11) is 0. The Bertz CT molecular complexity index is 1160. The number of imidazole rings is 1. The Hall–Kier alpha value is -2.95. The highest BCUT2D eigenvalue weighted by Gasteiger charge is 2.33. The smallest absolute Gasteiger partial charge is 0.347 e. The standard InChI is InChI=1S/C23H27ClN6O3S/c1-3-15-19(24)29-20(27-15)21(31)28-16-9-10-30(23-26-13(2)18(34-23)22(32)33)12-17(16)25-11-14-7-5-4-6-8-14/h4-8,16-17,25H,3,9-12H2,1-2H3,(H,27,29)(H,28,31)(H,32,33)/t16-,17+/m1/s1. The maximum atomic E-state index is 12.9. The number of thiazole rings is 1. The van der Waals surface area contributed by atoms with E-state index in [-0.39, 0.29) is 28.7 Å². The Kier molecular flexibility index (Phi) is 7.50. The zero-order chi connectivity index (χ0) is 24.2. The van der Waals surface area contributed by atoms with Gasteiger partial charge >= 0.3 is 5.97 Å². The van der Waals surface area contributed by atoms with Crippen LogP contribution in [-0.4, -0.2) is 57.1 Å². The van der Waals surface area contributed by atoms with E-state index >= 15 is 0 Å². The molecule has 180 valence electrons. The molecule has 1 aliphatic heterocycles. The van der Waals surface area contributed by atoms with Gasteiger partial charge in [0.15, 0.2) is 16.1 Å². The Balaban J connectivity index is 1.50. The van der Waals surface area contributed by atoms with Crippen molar-refractivity contribution in [3.8, 4) is 0 Å². The molecule has 1 aromatic carbocycles. The van der Waals surface area contributed by atoms with Gasteiger partial charge in [-0.25, -0.2) is 14.8 Å². The summed E-state index contributed by atoms with van der Waals surface area (Å²) < 4.78 is 0. The molecule has 1 aliphatic rings. The molecule has 3 heterocycles. The molecule has 9 nitrogen and oxygen atoms in total. The zero-order valence-electron chi connectivity index (χ0n) is 19.0. The number of carboxylic acid groups (broad SMARTS) is 1. The minimum Gasteiger partial charge on any atom is -0.477 e. The maximum Gasteiger partial charge on any atom is 0.347 e. The lowest BCUT2D eigenvalue weighted by molar-refractivity contribution is 0.0700. The molecule has 2 aromatic heterocycles. The summed E-state index contributed by atoms with van der Waals surface area (Å²) in [5, 5.41) is 17.1.